The molecule has 1 amide bonds. The highest BCUT2D eigenvalue weighted by Gasteiger charge is 2.38. The topological polar surface area (TPSA) is 95.5 Å². The molecule has 2 N–H and O–H groups in total. The molecule has 0 saturated carbocycles. The predicted octanol–water partition coefficient (Wildman–Crippen LogP) is 3.41. The smallest absolute Gasteiger partial charge is 0.419 e. The number of ether oxygens (including phenoxy) is 2. The molecule has 1 fully saturated rings. The van der Waals surface area contributed by atoms with E-state index in [1.807, 2.05) is 0 Å². The van der Waals surface area contributed by atoms with Gasteiger partial charge in [-0.1, -0.05) is 12.5 Å². The second-order valence-electron chi connectivity index (χ2n) is 7.85. The molecule has 1 atom stereocenters. The fraction of sp³-hybridized carbons (Fsp3) is 0.292. The number of nitrogens with two attached hydrogens (primary N) is 1. The van der Waals surface area contributed by atoms with E-state index >= 15 is 0 Å². The number of alkyl halides is 3. The van der Waals surface area contributed by atoms with Gasteiger partial charge in [-0.05, 0) is 30.6 Å². The maximum absolute atomic E-state index is 13.9. The van der Waals surface area contributed by atoms with E-state index in [-0.39, 0.29) is 34.9 Å². The first-order valence-electron chi connectivity index (χ1n) is 10.6. The number of pyridine rings is 1. The van der Waals surface area contributed by atoms with Crippen LogP contribution in [-0.4, -0.2) is 52.9 Å². The van der Waals surface area contributed by atoms with Crippen LogP contribution in [0.25, 0.3) is 10.9 Å². The summed E-state index contributed by atoms with van der Waals surface area (Å²) in [4.78, 5) is 17.3. The van der Waals surface area contributed by atoms with E-state index in [9.17, 15) is 18.0 Å². The number of amides is 1. The number of hydrogen-bond acceptors (Lipinski definition) is 6. The van der Waals surface area contributed by atoms with Gasteiger partial charge in [-0.25, -0.2) is 4.98 Å². The maximum Gasteiger partial charge on any atom is 0.419 e. The number of anilines is 1. The van der Waals surface area contributed by atoms with Gasteiger partial charge in [0.1, 0.15) is 23.0 Å². The SMILES string of the molecule is C=CC(=O)N1CC[C@H](n2nc(C#Cc3cc(OC)cc(OC)c3)c3c(N)ncc(C(F)(F)F)c32)C1. The van der Waals surface area contributed by atoms with Crippen LogP contribution in [0.1, 0.15) is 29.3 Å². The van der Waals surface area contributed by atoms with E-state index in [1.54, 1.807) is 18.2 Å². The molecule has 0 unspecified atom stereocenters. The van der Waals surface area contributed by atoms with E-state index in [0.29, 0.717) is 36.2 Å². The minimum absolute atomic E-state index is 0.00989. The van der Waals surface area contributed by atoms with Crippen molar-refractivity contribution in [2.24, 2.45) is 0 Å². The van der Waals surface area contributed by atoms with Crippen LogP contribution in [-0.2, 0) is 11.0 Å². The van der Waals surface area contributed by atoms with E-state index in [0.717, 1.165) is 0 Å². The third-order valence-corrected chi connectivity index (χ3v) is 5.73. The van der Waals surface area contributed by atoms with Crippen LogP contribution in [0.5, 0.6) is 11.5 Å². The molecule has 35 heavy (non-hydrogen) atoms. The molecule has 182 valence electrons. The van der Waals surface area contributed by atoms with Crippen LogP contribution < -0.4 is 15.2 Å². The molecule has 8 nitrogen and oxygen atoms in total. The monoisotopic (exact) mass is 485 g/mol. The standard InChI is InChI=1S/C24H22F3N5O3/c1-4-20(33)31-8-7-15(13-31)32-22-18(24(25,26)27)12-29-23(28)21(22)19(30-32)6-5-14-9-16(34-2)11-17(10-14)35-3/h4,9-12,15H,1,7-8,13H2,2-3H3,(H2,28,29)/t15-/m0/s1. The quantitative estimate of drug-likeness (QED) is 0.450. The van der Waals surface area contributed by atoms with Gasteiger partial charge in [0.25, 0.3) is 0 Å². The number of rotatable bonds is 4. The van der Waals surface area contributed by atoms with Crippen LogP contribution in [0.3, 0.4) is 0 Å². The molecule has 2 aromatic heterocycles. The molecule has 3 aromatic rings. The van der Waals surface area contributed by atoms with E-state index in [2.05, 4.69) is 28.5 Å². The average molecular weight is 485 g/mol. The predicted molar refractivity (Wildman–Crippen MR) is 123 cm³/mol. The number of nitrogens with zero attached hydrogens (tertiary/aromatic N) is 4. The second-order valence-corrected chi connectivity index (χ2v) is 7.85. The Labute approximate surface area is 199 Å². The zero-order valence-corrected chi connectivity index (χ0v) is 19.0. The van der Waals surface area contributed by atoms with Crippen LogP contribution in [0.2, 0.25) is 0 Å². The summed E-state index contributed by atoms with van der Waals surface area (Å²) in [5.74, 6) is 6.32. The lowest BCUT2D eigenvalue weighted by molar-refractivity contribution is -0.136. The summed E-state index contributed by atoms with van der Waals surface area (Å²) in [6.45, 7) is 4.02. The first-order valence-corrected chi connectivity index (χ1v) is 10.6. The summed E-state index contributed by atoms with van der Waals surface area (Å²) in [6.07, 6.45) is -2.42. The molecule has 0 aliphatic carbocycles. The molecular weight excluding hydrogens is 463 g/mol. The highest BCUT2D eigenvalue weighted by molar-refractivity contribution is 5.95. The van der Waals surface area contributed by atoms with E-state index < -0.39 is 17.8 Å². The molecule has 1 aromatic carbocycles. The van der Waals surface area contributed by atoms with Gasteiger partial charge in [0.2, 0.25) is 5.91 Å². The van der Waals surface area contributed by atoms with Crippen LogP contribution >= 0.6 is 0 Å². The molecule has 0 spiro atoms. The summed E-state index contributed by atoms with van der Waals surface area (Å²) in [7, 11) is 2.99. The Morgan fingerprint density at radius 2 is 1.91 bits per heavy atom. The molecule has 0 bridgehead atoms. The fourth-order valence-corrected chi connectivity index (χ4v) is 4.04. The number of benzene rings is 1. The minimum Gasteiger partial charge on any atom is -0.497 e. The number of likely N-dealkylation sites (tertiary alicyclic amines) is 1. The third kappa shape index (κ3) is 4.59. The van der Waals surface area contributed by atoms with Crippen LogP contribution in [0.15, 0.2) is 37.1 Å². The zero-order valence-electron chi connectivity index (χ0n) is 19.0. The summed E-state index contributed by atoms with van der Waals surface area (Å²) in [6, 6.07) is 4.49. The highest BCUT2D eigenvalue weighted by atomic mass is 19.4. The summed E-state index contributed by atoms with van der Waals surface area (Å²) >= 11 is 0. The number of fused-ring (bicyclic) bond motifs is 1. The molecule has 3 heterocycles. The fourth-order valence-electron chi connectivity index (χ4n) is 4.04. The van der Waals surface area contributed by atoms with Crippen molar-refractivity contribution in [2.45, 2.75) is 18.6 Å². The van der Waals surface area contributed by atoms with Crippen molar-refractivity contribution in [3.63, 3.8) is 0 Å². The molecule has 11 heteroatoms. The Balaban J connectivity index is 1.88. The summed E-state index contributed by atoms with van der Waals surface area (Å²) in [5.41, 5.74) is 5.39. The number of hydrogen-bond donors (Lipinski definition) is 1. The van der Waals surface area contributed by atoms with Gasteiger partial charge in [-0.3, -0.25) is 9.48 Å². The van der Waals surface area contributed by atoms with E-state index in [4.69, 9.17) is 15.2 Å². The largest absolute Gasteiger partial charge is 0.497 e. The van der Waals surface area contributed by atoms with Crippen molar-refractivity contribution in [1.82, 2.24) is 19.7 Å². The van der Waals surface area contributed by atoms with Gasteiger partial charge in [0.05, 0.1) is 36.7 Å². The van der Waals surface area contributed by atoms with Crippen molar-refractivity contribution in [3.8, 4) is 23.3 Å². The number of aromatic nitrogens is 3. The average Bonchev–Trinajstić information content (AvgIpc) is 3.47. The van der Waals surface area contributed by atoms with Crippen molar-refractivity contribution < 1.29 is 27.4 Å². The lowest BCUT2D eigenvalue weighted by atomic mass is 10.1. The molecule has 4 rings (SSSR count). The molecule has 1 saturated heterocycles. The summed E-state index contributed by atoms with van der Waals surface area (Å²) < 4.78 is 53.6. The van der Waals surface area contributed by atoms with Gasteiger partial charge < -0.3 is 20.1 Å². The van der Waals surface area contributed by atoms with Gasteiger partial charge in [-0.2, -0.15) is 18.3 Å². The molecular formula is C24H22F3N5O3. The van der Waals surface area contributed by atoms with Crippen molar-refractivity contribution >= 4 is 22.6 Å². The summed E-state index contributed by atoms with van der Waals surface area (Å²) in [5, 5.41) is 4.43. The lowest BCUT2D eigenvalue weighted by Gasteiger charge is -2.17. The van der Waals surface area contributed by atoms with Crippen molar-refractivity contribution in [1.29, 1.82) is 0 Å². The lowest BCUT2D eigenvalue weighted by Crippen LogP contribution is -2.27. The Kier molecular flexibility index (Phi) is 6.30. The van der Waals surface area contributed by atoms with Crippen molar-refractivity contribution in [3.05, 3.63) is 53.9 Å². The normalized spacial score (nSPS) is 15.6. The van der Waals surface area contributed by atoms with Crippen molar-refractivity contribution in [2.75, 3.05) is 33.0 Å². The first-order chi connectivity index (χ1) is 16.7. The molecule has 0 radical (unpaired) electrons. The number of carbonyl (C=O) groups is 1. The highest BCUT2D eigenvalue weighted by Crippen LogP contribution is 2.39. The second kappa shape index (κ2) is 9.21. The van der Waals surface area contributed by atoms with Gasteiger partial charge in [0, 0.05) is 30.9 Å². The van der Waals surface area contributed by atoms with E-state index in [1.165, 1.54) is 29.9 Å². The number of nitrogen functional groups attached to an aromatic ring is 1. The van der Waals surface area contributed by atoms with Gasteiger partial charge >= 0.3 is 6.18 Å². The molecule has 1 aliphatic heterocycles. The van der Waals surface area contributed by atoms with Gasteiger partial charge in [0.15, 0.2) is 0 Å². The van der Waals surface area contributed by atoms with Crippen LogP contribution in [0, 0.1) is 11.8 Å². The first kappa shape index (κ1) is 23.9. The number of methoxy groups -OCH3 is 2. The Bertz CT molecular complexity index is 1350. The van der Waals surface area contributed by atoms with Gasteiger partial charge in [-0.15, -0.1) is 0 Å². The Hall–Kier alpha value is -4.20. The van der Waals surface area contributed by atoms with Crippen LogP contribution in [0.4, 0.5) is 19.0 Å². The Morgan fingerprint density at radius 1 is 1.23 bits per heavy atom. The third-order valence-electron chi connectivity index (χ3n) is 5.73. The zero-order chi connectivity index (χ0) is 25.3. The Morgan fingerprint density at radius 3 is 2.51 bits per heavy atom. The number of halogens is 3. The minimum atomic E-state index is -4.70. The number of carbonyl (C=O) groups excluding carboxylic acids is 1. The maximum atomic E-state index is 13.9. The molecule has 1 aliphatic rings.